The van der Waals surface area contributed by atoms with Crippen LogP contribution in [0.25, 0.3) is 11.3 Å². The summed E-state index contributed by atoms with van der Waals surface area (Å²) in [7, 11) is 2.05. The molecule has 1 aromatic carbocycles. The fraction of sp³-hybridized carbons (Fsp3) is 0.333. The fourth-order valence-electron chi connectivity index (χ4n) is 3.74. The van der Waals surface area contributed by atoms with Crippen LogP contribution in [0.15, 0.2) is 59.4 Å². The molecule has 1 fully saturated rings. The van der Waals surface area contributed by atoms with Gasteiger partial charge >= 0.3 is 0 Å². The molecular weight excluding hydrogens is 345 g/mol. The molecule has 6 heteroatoms. The molecule has 4 rings (SSSR count). The number of likely N-dealkylation sites (N-methyl/N-ethyl adjacent to an activating group) is 1. The van der Waals surface area contributed by atoms with Crippen molar-refractivity contribution in [2.24, 2.45) is 0 Å². The number of benzene rings is 1. The van der Waals surface area contributed by atoms with E-state index in [2.05, 4.69) is 22.1 Å². The summed E-state index contributed by atoms with van der Waals surface area (Å²) in [5.74, 6) is 0.587. The van der Waals surface area contributed by atoms with E-state index >= 15 is 0 Å². The lowest BCUT2D eigenvalue weighted by Crippen LogP contribution is -2.39. The van der Waals surface area contributed by atoms with Crippen molar-refractivity contribution >= 4 is 0 Å². The second-order valence-corrected chi connectivity index (χ2v) is 7.18. The van der Waals surface area contributed by atoms with Crippen LogP contribution in [0.2, 0.25) is 0 Å². The van der Waals surface area contributed by atoms with Gasteiger partial charge in [-0.3, -0.25) is 9.88 Å². The van der Waals surface area contributed by atoms with Crippen LogP contribution in [0.4, 0.5) is 4.39 Å². The normalized spacial score (nSPS) is 19.7. The van der Waals surface area contributed by atoms with Crippen LogP contribution in [0.3, 0.4) is 0 Å². The summed E-state index contributed by atoms with van der Waals surface area (Å²) in [6.45, 7) is 2.80. The molecule has 3 heterocycles. The van der Waals surface area contributed by atoms with Crippen molar-refractivity contribution in [3.05, 3.63) is 72.0 Å². The van der Waals surface area contributed by atoms with Crippen molar-refractivity contribution in [3.8, 4) is 11.3 Å². The van der Waals surface area contributed by atoms with Crippen LogP contribution in [-0.2, 0) is 16.7 Å². The first-order chi connectivity index (χ1) is 13.1. The van der Waals surface area contributed by atoms with E-state index in [0.717, 1.165) is 42.2 Å². The Morgan fingerprint density at radius 1 is 1.15 bits per heavy atom. The van der Waals surface area contributed by atoms with Crippen molar-refractivity contribution < 1.29 is 13.7 Å². The van der Waals surface area contributed by atoms with E-state index in [1.54, 1.807) is 12.4 Å². The molecule has 0 spiro atoms. The zero-order valence-electron chi connectivity index (χ0n) is 15.3. The maximum absolute atomic E-state index is 13.3. The molecule has 0 bridgehead atoms. The van der Waals surface area contributed by atoms with E-state index in [9.17, 15) is 4.39 Å². The van der Waals surface area contributed by atoms with Crippen molar-refractivity contribution in [1.82, 2.24) is 15.0 Å². The number of ether oxygens (including phenoxy) is 1. The summed E-state index contributed by atoms with van der Waals surface area (Å²) >= 11 is 0. The SMILES string of the molecule is CN(Cc1cc(-c2ccncc2)no1)CC1(c2ccc(F)cc2)CCOC1. The minimum atomic E-state index is -0.216. The molecule has 5 nitrogen and oxygen atoms in total. The van der Waals surface area contributed by atoms with Gasteiger partial charge in [0.05, 0.1) is 13.2 Å². The number of hydrogen-bond acceptors (Lipinski definition) is 5. The summed E-state index contributed by atoms with van der Waals surface area (Å²) < 4.78 is 24.5. The molecule has 3 aromatic rings. The molecule has 0 radical (unpaired) electrons. The van der Waals surface area contributed by atoms with Gasteiger partial charge in [-0.05, 0) is 43.3 Å². The third-order valence-corrected chi connectivity index (χ3v) is 5.09. The Balaban J connectivity index is 1.47. The van der Waals surface area contributed by atoms with Gasteiger partial charge in [-0.1, -0.05) is 17.3 Å². The highest BCUT2D eigenvalue weighted by Crippen LogP contribution is 2.34. The molecule has 1 unspecified atom stereocenters. The molecule has 0 N–H and O–H groups in total. The summed E-state index contributed by atoms with van der Waals surface area (Å²) in [4.78, 5) is 6.23. The predicted octanol–water partition coefficient (Wildman–Crippen LogP) is 3.67. The number of halogens is 1. The van der Waals surface area contributed by atoms with Gasteiger partial charge in [0.25, 0.3) is 0 Å². The van der Waals surface area contributed by atoms with Crippen LogP contribution < -0.4 is 0 Å². The Bertz CT molecular complexity index is 874. The molecule has 27 heavy (non-hydrogen) atoms. The van der Waals surface area contributed by atoms with E-state index < -0.39 is 0 Å². The Morgan fingerprint density at radius 3 is 2.63 bits per heavy atom. The van der Waals surface area contributed by atoms with E-state index in [4.69, 9.17) is 9.26 Å². The number of hydrogen-bond donors (Lipinski definition) is 0. The van der Waals surface area contributed by atoms with Crippen LogP contribution >= 0.6 is 0 Å². The zero-order chi connectivity index (χ0) is 18.7. The smallest absolute Gasteiger partial charge is 0.151 e. The highest BCUT2D eigenvalue weighted by molar-refractivity contribution is 5.57. The number of rotatable bonds is 6. The van der Waals surface area contributed by atoms with Gasteiger partial charge < -0.3 is 9.26 Å². The second-order valence-electron chi connectivity index (χ2n) is 7.18. The van der Waals surface area contributed by atoms with Crippen LogP contribution in [0, 0.1) is 5.82 Å². The van der Waals surface area contributed by atoms with Crippen LogP contribution in [0.1, 0.15) is 17.7 Å². The van der Waals surface area contributed by atoms with Gasteiger partial charge in [-0.25, -0.2) is 4.39 Å². The molecule has 1 atom stereocenters. The molecular formula is C21H22FN3O2. The van der Waals surface area contributed by atoms with E-state index in [0.29, 0.717) is 13.2 Å². The van der Waals surface area contributed by atoms with Gasteiger partial charge in [-0.2, -0.15) is 0 Å². The van der Waals surface area contributed by atoms with Crippen molar-refractivity contribution in [2.75, 3.05) is 26.8 Å². The number of nitrogens with zero attached hydrogens (tertiary/aromatic N) is 3. The molecule has 140 valence electrons. The fourth-order valence-corrected chi connectivity index (χ4v) is 3.74. The van der Waals surface area contributed by atoms with Crippen LogP contribution in [0.5, 0.6) is 0 Å². The topological polar surface area (TPSA) is 51.4 Å². The van der Waals surface area contributed by atoms with Crippen molar-refractivity contribution in [3.63, 3.8) is 0 Å². The molecule has 1 aliphatic rings. The molecule has 0 amide bonds. The lowest BCUT2D eigenvalue weighted by molar-refractivity contribution is 0.153. The first-order valence-corrected chi connectivity index (χ1v) is 9.03. The van der Waals surface area contributed by atoms with Gasteiger partial charge in [0.1, 0.15) is 11.5 Å². The molecule has 1 aliphatic heterocycles. The maximum atomic E-state index is 13.3. The minimum Gasteiger partial charge on any atom is -0.380 e. The maximum Gasteiger partial charge on any atom is 0.151 e. The highest BCUT2D eigenvalue weighted by atomic mass is 19.1. The van der Waals surface area contributed by atoms with Gasteiger partial charge in [-0.15, -0.1) is 0 Å². The van der Waals surface area contributed by atoms with Gasteiger partial charge in [0.2, 0.25) is 0 Å². The van der Waals surface area contributed by atoms with E-state index in [1.807, 2.05) is 30.3 Å². The van der Waals surface area contributed by atoms with Crippen molar-refractivity contribution in [2.45, 2.75) is 18.4 Å². The summed E-state index contributed by atoms with van der Waals surface area (Å²) in [6.07, 6.45) is 4.40. The van der Waals surface area contributed by atoms with E-state index in [-0.39, 0.29) is 11.2 Å². The molecule has 0 aliphatic carbocycles. The first kappa shape index (κ1) is 17.8. The summed E-state index contributed by atoms with van der Waals surface area (Å²) in [5.41, 5.74) is 2.77. The van der Waals surface area contributed by atoms with Crippen LogP contribution in [-0.4, -0.2) is 41.8 Å². The third kappa shape index (κ3) is 3.91. The summed E-state index contributed by atoms with van der Waals surface area (Å²) in [5, 5.41) is 4.16. The van der Waals surface area contributed by atoms with Gasteiger partial charge in [0, 0.05) is 42.6 Å². The monoisotopic (exact) mass is 367 g/mol. The first-order valence-electron chi connectivity index (χ1n) is 9.03. The highest BCUT2D eigenvalue weighted by Gasteiger charge is 2.37. The molecule has 1 saturated heterocycles. The predicted molar refractivity (Wildman–Crippen MR) is 99.6 cm³/mol. The average molecular weight is 367 g/mol. The largest absolute Gasteiger partial charge is 0.380 e. The molecule has 2 aromatic heterocycles. The lowest BCUT2D eigenvalue weighted by Gasteiger charge is -2.32. The second kappa shape index (κ2) is 7.58. The quantitative estimate of drug-likeness (QED) is 0.665. The molecule has 0 saturated carbocycles. The summed E-state index contributed by atoms with van der Waals surface area (Å²) in [6, 6.07) is 12.6. The average Bonchev–Trinajstić information content (AvgIpc) is 3.33. The minimum absolute atomic E-state index is 0.129. The Morgan fingerprint density at radius 2 is 1.93 bits per heavy atom. The standard InChI is InChI=1S/C21H22FN3O2/c1-25(13-19-12-20(24-27-19)16-6-9-23-10-7-16)14-21(8-11-26-15-21)17-2-4-18(22)5-3-17/h2-7,9-10,12H,8,11,13-15H2,1H3. The number of aromatic nitrogens is 2. The van der Waals surface area contributed by atoms with Crippen molar-refractivity contribution in [1.29, 1.82) is 0 Å². The van der Waals surface area contributed by atoms with E-state index in [1.165, 1.54) is 12.1 Å². The lowest BCUT2D eigenvalue weighted by atomic mass is 9.79. The number of pyridine rings is 1. The Kier molecular flexibility index (Phi) is 5.01. The van der Waals surface area contributed by atoms with Gasteiger partial charge in [0.15, 0.2) is 5.76 Å². The Hall–Kier alpha value is -2.57. The zero-order valence-corrected chi connectivity index (χ0v) is 15.3. The third-order valence-electron chi connectivity index (χ3n) is 5.09. The Labute approximate surface area is 157 Å².